The van der Waals surface area contributed by atoms with E-state index < -0.39 is 11.9 Å². The van der Waals surface area contributed by atoms with Crippen molar-refractivity contribution >= 4 is 40.6 Å². The number of pyridine rings is 1. The normalized spacial score (nSPS) is 13.7. The molecular weight excluding hydrogens is 424 g/mol. The minimum atomic E-state index is -0.401. The first-order valence-electron chi connectivity index (χ1n) is 10.9. The Morgan fingerprint density at radius 3 is 2.64 bits per heavy atom. The third kappa shape index (κ3) is 4.94. The summed E-state index contributed by atoms with van der Waals surface area (Å²) in [5.41, 5.74) is 7.96. The van der Waals surface area contributed by atoms with Crippen LogP contribution in [0.25, 0.3) is 11.2 Å². The van der Waals surface area contributed by atoms with Crippen LogP contribution in [0.2, 0.25) is 0 Å². The molecule has 1 fully saturated rings. The number of fused-ring (bicyclic) bond motifs is 1. The minimum absolute atomic E-state index is 0.0687. The molecule has 2 aromatic heterocycles. The van der Waals surface area contributed by atoms with Crippen molar-refractivity contribution in [3.63, 3.8) is 0 Å². The number of likely N-dealkylation sites (tertiary alicyclic amines) is 1. The molecule has 1 aliphatic heterocycles. The van der Waals surface area contributed by atoms with Crippen LogP contribution in [0.1, 0.15) is 46.4 Å². The largest absolute Gasteiger partial charge is 0.469 e. The highest BCUT2D eigenvalue weighted by molar-refractivity contribution is 6.04. The SMILES string of the molecule is COC(=O)CCn1c(NC(=O)c2cccc(N)c2)nc2cc(C(=O)N3CCCCC3)cnc21. The number of benzene rings is 1. The van der Waals surface area contributed by atoms with Crippen LogP contribution in [0.4, 0.5) is 11.6 Å². The summed E-state index contributed by atoms with van der Waals surface area (Å²) in [4.78, 5) is 48.2. The molecule has 2 amide bonds. The Labute approximate surface area is 190 Å². The molecule has 172 valence electrons. The molecule has 1 aliphatic rings. The van der Waals surface area contributed by atoms with Crippen LogP contribution in [0.3, 0.4) is 0 Å². The summed E-state index contributed by atoms with van der Waals surface area (Å²) in [6, 6.07) is 8.24. The first-order valence-corrected chi connectivity index (χ1v) is 10.9. The lowest BCUT2D eigenvalue weighted by Crippen LogP contribution is -2.35. The van der Waals surface area contributed by atoms with Crippen molar-refractivity contribution in [1.29, 1.82) is 0 Å². The number of amides is 2. The highest BCUT2D eigenvalue weighted by Crippen LogP contribution is 2.22. The smallest absolute Gasteiger partial charge is 0.307 e. The number of esters is 1. The second-order valence-electron chi connectivity index (χ2n) is 7.91. The Morgan fingerprint density at radius 2 is 1.91 bits per heavy atom. The van der Waals surface area contributed by atoms with E-state index in [0.717, 1.165) is 32.4 Å². The zero-order valence-electron chi connectivity index (χ0n) is 18.4. The number of carbonyl (C=O) groups is 3. The van der Waals surface area contributed by atoms with E-state index in [1.54, 1.807) is 34.9 Å². The molecule has 3 heterocycles. The van der Waals surface area contributed by atoms with Crippen LogP contribution in [-0.2, 0) is 16.1 Å². The Morgan fingerprint density at radius 1 is 1.12 bits per heavy atom. The number of methoxy groups -OCH3 is 1. The molecule has 3 N–H and O–H groups in total. The third-order valence-corrected chi connectivity index (χ3v) is 5.62. The van der Waals surface area contributed by atoms with Crippen molar-refractivity contribution in [1.82, 2.24) is 19.4 Å². The van der Waals surface area contributed by atoms with Crippen LogP contribution in [0.15, 0.2) is 36.5 Å². The number of nitrogen functional groups attached to an aromatic ring is 1. The van der Waals surface area contributed by atoms with Crippen molar-refractivity contribution < 1.29 is 19.1 Å². The standard InChI is InChI=1S/C23H26N6O4/c1-33-19(30)8-11-29-20-18(13-16(14-25-20)22(32)28-9-3-2-4-10-28)26-23(29)27-21(31)15-6-5-7-17(24)12-15/h5-7,12-14H,2-4,8-11,24H2,1H3,(H,26,27,31). The summed E-state index contributed by atoms with van der Waals surface area (Å²) in [7, 11) is 1.31. The average molecular weight is 450 g/mol. The van der Waals surface area contributed by atoms with E-state index in [0.29, 0.717) is 28.0 Å². The first kappa shape index (κ1) is 22.3. The topological polar surface area (TPSA) is 132 Å². The van der Waals surface area contributed by atoms with Gasteiger partial charge in [-0.2, -0.15) is 0 Å². The quantitative estimate of drug-likeness (QED) is 0.435. The highest BCUT2D eigenvalue weighted by atomic mass is 16.5. The zero-order valence-corrected chi connectivity index (χ0v) is 18.4. The number of hydrogen-bond acceptors (Lipinski definition) is 7. The van der Waals surface area contributed by atoms with Crippen molar-refractivity contribution in [3.05, 3.63) is 47.7 Å². The lowest BCUT2D eigenvalue weighted by molar-refractivity contribution is -0.140. The van der Waals surface area contributed by atoms with E-state index >= 15 is 0 Å². The Bertz CT molecular complexity index is 1200. The number of aryl methyl sites for hydroxylation is 1. The number of nitrogens with one attached hydrogen (secondary N) is 1. The second-order valence-corrected chi connectivity index (χ2v) is 7.91. The maximum Gasteiger partial charge on any atom is 0.307 e. The third-order valence-electron chi connectivity index (χ3n) is 5.62. The summed E-state index contributed by atoms with van der Waals surface area (Å²) in [6.45, 7) is 1.65. The molecule has 4 rings (SSSR count). The predicted molar refractivity (Wildman–Crippen MR) is 123 cm³/mol. The van der Waals surface area contributed by atoms with E-state index in [-0.39, 0.29) is 24.8 Å². The van der Waals surface area contributed by atoms with Gasteiger partial charge in [0.15, 0.2) is 5.65 Å². The van der Waals surface area contributed by atoms with Gasteiger partial charge >= 0.3 is 5.97 Å². The van der Waals surface area contributed by atoms with E-state index in [4.69, 9.17) is 10.5 Å². The molecular formula is C23H26N6O4. The van der Waals surface area contributed by atoms with Gasteiger partial charge in [0, 0.05) is 37.1 Å². The average Bonchev–Trinajstić information content (AvgIpc) is 3.18. The van der Waals surface area contributed by atoms with Crippen LogP contribution >= 0.6 is 0 Å². The fourth-order valence-electron chi connectivity index (χ4n) is 3.87. The molecule has 3 aromatic rings. The van der Waals surface area contributed by atoms with Gasteiger partial charge in [-0.1, -0.05) is 6.07 Å². The second kappa shape index (κ2) is 9.68. The van der Waals surface area contributed by atoms with Gasteiger partial charge in [-0.3, -0.25) is 24.3 Å². The monoisotopic (exact) mass is 450 g/mol. The summed E-state index contributed by atoms with van der Waals surface area (Å²) in [5, 5.41) is 2.77. The molecule has 0 radical (unpaired) electrons. The lowest BCUT2D eigenvalue weighted by Gasteiger charge is -2.26. The van der Waals surface area contributed by atoms with Crippen LogP contribution in [-0.4, -0.2) is 57.4 Å². The summed E-state index contributed by atoms with van der Waals surface area (Å²) < 4.78 is 6.37. The molecule has 33 heavy (non-hydrogen) atoms. The number of ether oxygens (including phenoxy) is 1. The molecule has 1 aromatic carbocycles. The van der Waals surface area contributed by atoms with Gasteiger partial charge < -0.3 is 15.4 Å². The van der Waals surface area contributed by atoms with Gasteiger partial charge in [-0.05, 0) is 43.5 Å². The molecule has 10 heteroatoms. The molecule has 0 bridgehead atoms. The fraction of sp³-hybridized carbons (Fsp3) is 0.348. The van der Waals surface area contributed by atoms with Crippen molar-refractivity contribution in [2.45, 2.75) is 32.2 Å². The maximum absolute atomic E-state index is 12.9. The number of nitrogens with zero attached hydrogens (tertiary/aromatic N) is 4. The number of nitrogens with two attached hydrogens (primary N) is 1. The zero-order chi connectivity index (χ0) is 23.4. The Hall–Kier alpha value is -3.95. The number of aromatic nitrogens is 3. The molecule has 0 unspecified atom stereocenters. The Balaban J connectivity index is 1.66. The molecule has 0 aliphatic carbocycles. The van der Waals surface area contributed by atoms with E-state index in [2.05, 4.69) is 15.3 Å². The van der Waals surface area contributed by atoms with Gasteiger partial charge in [0.1, 0.15) is 5.52 Å². The molecule has 0 atom stereocenters. The number of piperidine rings is 1. The van der Waals surface area contributed by atoms with Crippen molar-refractivity contribution in [2.24, 2.45) is 0 Å². The minimum Gasteiger partial charge on any atom is -0.469 e. The van der Waals surface area contributed by atoms with Gasteiger partial charge in [0.2, 0.25) is 5.95 Å². The maximum atomic E-state index is 12.9. The molecule has 0 saturated carbocycles. The summed E-state index contributed by atoms with van der Waals surface area (Å²) in [5.74, 6) is -0.668. The summed E-state index contributed by atoms with van der Waals surface area (Å²) >= 11 is 0. The summed E-state index contributed by atoms with van der Waals surface area (Å²) in [6.07, 6.45) is 4.69. The van der Waals surface area contributed by atoms with E-state index in [1.807, 2.05) is 4.90 Å². The van der Waals surface area contributed by atoms with E-state index in [9.17, 15) is 14.4 Å². The highest BCUT2D eigenvalue weighted by Gasteiger charge is 2.22. The number of imidazole rings is 1. The van der Waals surface area contributed by atoms with Gasteiger partial charge in [-0.15, -0.1) is 0 Å². The molecule has 10 nitrogen and oxygen atoms in total. The first-order chi connectivity index (χ1) is 16.0. The van der Waals surface area contributed by atoms with Gasteiger partial charge in [0.05, 0.1) is 19.1 Å². The molecule has 1 saturated heterocycles. The number of anilines is 2. The number of rotatable bonds is 6. The number of hydrogen-bond donors (Lipinski definition) is 2. The van der Waals surface area contributed by atoms with Gasteiger partial charge in [-0.25, -0.2) is 9.97 Å². The van der Waals surface area contributed by atoms with Gasteiger partial charge in [0.25, 0.3) is 11.8 Å². The van der Waals surface area contributed by atoms with Crippen LogP contribution in [0, 0.1) is 0 Å². The molecule has 0 spiro atoms. The van der Waals surface area contributed by atoms with Crippen molar-refractivity contribution in [3.8, 4) is 0 Å². The van der Waals surface area contributed by atoms with Crippen molar-refractivity contribution in [2.75, 3.05) is 31.2 Å². The number of carbonyl (C=O) groups excluding carboxylic acids is 3. The van der Waals surface area contributed by atoms with Crippen LogP contribution < -0.4 is 11.1 Å². The van der Waals surface area contributed by atoms with E-state index in [1.165, 1.54) is 13.3 Å². The van der Waals surface area contributed by atoms with Crippen LogP contribution in [0.5, 0.6) is 0 Å². The lowest BCUT2D eigenvalue weighted by atomic mass is 10.1. The fourth-order valence-corrected chi connectivity index (χ4v) is 3.87. The predicted octanol–water partition coefficient (Wildman–Crippen LogP) is 2.46. The Kier molecular flexibility index (Phi) is 6.53.